The average Bonchev–Trinajstić information content (AvgIpc) is 3.33. The molecule has 6 nitrogen and oxygen atoms in total. The minimum absolute atomic E-state index is 0.469. The van der Waals surface area contributed by atoms with E-state index in [1.165, 1.54) is 11.3 Å². The van der Waals surface area contributed by atoms with Crippen molar-refractivity contribution in [3.8, 4) is 10.6 Å². The van der Waals surface area contributed by atoms with Crippen LogP contribution < -0.4 is 0 Å². The Kier molecular flexibility index (Phi) is 4.32. The van der Waals surface area contributed by atoms with E-state index in [2.05, 4.69) is 20.4 Å². The number of aliphatic hydroxyl groups excluding tert-OH is 1. The summed E-state index contributed by atoms with van der Waals surface area (Å²) in [5.41, 5.74) is 1.82. The summed E-state index contributed by atoms with van der Waals surface area (Å²) in [5.74, 6) is 0.489. The van der Waals surface area contributed by atoms with E-state index in [4.69, 9.17) is 0 Å². The van der Waals surface area contributed by atoms with Gasteiger partial charge >= 0.3 is 0 Å². The van der Waals surface area contributed by atoms with Gasteiger partial charge in [-0.25, -0.2) is 0 Å². The third-order valence-electron chi connectivity index (χ3n) is 3.80. The summed E-state index contributed by atoms with van der Waals surface area (Å²) in [7, 11) is 0. The number of hydrogen-bond donors (Lipinski definition) is 1. The maximum absolute atomic E-state index is 10.6. The van der Waals surface area contributed by atoms with Gasteiger partial charge < -0.3 is 9.67 Å². The highest BCUT2D eigenvalue weighted by molar-refractivity contribution is 7.14. The molecular formula is C18H15N5OS. The van der Waals surface area contributed by atoms with E-state index in [-0.39, 0.29) is 0 Å². The summed E-state index contributed by atoms with van der Waals surface area (Å²) < 4.78 is 1.80. The first kappa shape index (κ1) is 15.6. The third kappa shape index (κ3) is 3.33. The van der Waals surface area contributed by atoms with Crippen LogP contribution in [0.4, 0.5) is 0 Å². The van der Waals surface area contributed by atoms with Crippen LogP contribution >= 0.6 is 11.3 Å². The van der Waals surface area contributed by atoms with E-state index in [1.807, 2.05) is 60.7 Å². The zero-order valence-electron chi connectivity index (χ0n) is 13.2. The fourth-order valence-corrected chi connectivity index (χ4v) is 3.39. The monoisotopic (exact) mass is 349 g/mol. The first-order valence-corrected chi connectivity index (χ1v) is 8.61. The number of nitrogens with zero attached hydrogens (tertiary/aromatic N) is 5. The Balaban J connectivity index is 1.57. The van der Waals surface area contributed by atoms with E-state index in [0.717, 1.165) is 21.1 Å². The van der Waals surface area contributed by atoms with Crippen LogP contribution in [0.25, 0.3) is 10.6 Å². The molecule has 0 bridgehead atoms. The fourth-order valence-electron chi connectivity index (χ4n) is 2.54. The van der Waals surface area contributed by atoms with Gasteiger partial charge in [-0.3, -0.25) is 0 Å². The Bertz CT molecular complexity index is 952. The Morgan fingerprint density at radius 1 is 0.920 bits per heavy atom. The highest BCUT2D eigenvalue weighted by Crippen LogP contribution is 2.25. The second-order valence-electron chi connectivity index (χ2n) is 5.50. The molecule has 4 rings (SSSR count). The molecule has 4 aromatic rings. The number of aromatic nitrogens is 5. The van der Waals surface area contributed by atoms with Crippen molar-refractivity contribution in [2.45, 2.75) is 12.6 Å². The van der Waals surface area contributed by atoms with E-state index < -0.39 is 6.10 Å². The van der Waals surface area contributed by atoms with Crippen molar-refractivity contribution in [2.24, 2.45) is 0 Å². The van der Waals surface area contributed by atoms with Gasteiger partial charge in [-0.05, 0) is 5.56 Å². The molecule has 0 aliphatic rings. The predicted octanol–water partition coefficient (Wildman–Crippen LogP) is 2.93. The molecule has 25 heavy (non-hydrogen) atoms. The first-order valence-electron chi connectivity index (χ1n) is 7.80. The number of rotatable bonds is 5. The minimum Gasteiger partial charge on any atom is -0.380 e. The molecule has 0 amide bonds. The molecule has 0 spiro atoms. The molecule has 0 saturated heterocycles. The fraction of sp³-hybridized carbons (Fsp3) is 0.111. The van der Waals surface area contributed by atoms with Crippen LogP contribution in [-0.4, -0.2) is 30.1 Å². The Morgan fingerprint density at radius 2 is 1.64 bits per heavy atom. The standard InChI is InChI=1S/C18H15N5OS/c24-16(13-7-3-1-4-8-13)17-21-19-12-23(17)11-15-20-22-18(25-15)14-9-5-2-6-10-14/h1-10,12,16,24H,11H2. The Hall–Kier alpha value is -2.90. The first-order chi connectivity index (χ1) is 12.3. The summed E-state index contributed by atoms with van der Waals surface area (Å²) in [6, 6.07) is 19.3. The predicted molar refractivity (Wildman–Crippen MR) is 95.0 cm³/mol. The van der Waals surface area contributed by atoms with Crippen molar-refractivity contribution in [3.63, 3.8) is 0 Å². The Morgan fingerprint density at radius 3 is 2.40 bits per heavy atom. The van der Waals surface area contributed by atoms with Crippen molar-refractivity contribution in [1.29, 1.82) is 0 Å². The third-order valence-corrected chi connectivity index (χ3v) is 4.76. The largest absolute Gasteiger partial charge is 0.380 e. The lowest BCUT2D eigenvalue weighted by Gasteiger charge is -2.11. The van der Waals surface area contributed by atoms with Crippen molar-refractivity contribution >= 4 is 11.3 Å². The number of hydrogen-bond acceptors (Lipinski definition) is 6. The second-order valence-corrected chi connectivity index (χ2v) is 6.56. The van der Waals surface area contributed by atoms with Crippen molar-refractivity contribution < 1.29 is 5.11 Å². The van der Waals surface area contributed by atoms with Crippen LogP contribution in [0.1, 0.15) is 22.5 Å². The summed E-state index contributed by atoms with van der Waals surface area (Å²) in [6.07, 6.45) is 0.774. The molecule has 0 radical (unpaired) electrons. The smallest absolute Gasteiger partial charge is 0.166 e. The van der Waals surface area contributed by atoms with Gasteiger partial charge in [0.05, 0.1) is 6.54 Å². The van der Waals surface area contributed by atoms with Gasteiger partial charge in [-0.15, -0.1) is 20.4 Å². The van der Waals surface area contributed by atoms with Crippen LogP contribution in [0, 0.1) is 0 Å². The summed E-state index contributed by atoms with van der Waals surface area (Å²) in [4.78, 5) is 0. The molecule has 0 aliphatic heterocycles. The quantitative estimate of drug-likeness (QED) is 0.599. The van der Waals surface area contributed by atoms with E-state index in [9.17, 15) is 5.11 Å². The molecule has 2 heterocycles. The maximum Gasteiger partial charge on any atom is 0.166 e. The molecular weight excluding hydrogens is 334 g/mol. The van der Waals surface area contributed by atoms with Crippen LogP contribution in [0.5, 0.6) is 0 Å². The van der Waals surface area contributed by atoms with Crippen LogP contribution in [0.2, 0.25) is 0 Å². The van der Waals surface area contributed by atoms with Crippen LogP contribution in [0.3, 0.4) is 0 Å². The van der Waals surface area contributed by atoms with E-state index in [1.54, 1.807) is 10.9 Å². The minimum atomic E-state index is -0.829. The van der Waals surface area contributed by atoms with Gasteiger partial charge in [0.2, 0.25) is 0 Å². The molecule has 1 unspecified atom stereocenters. The molecule has 1 N–H and O–H groups in total. The molecule has 2 aromatic carbocycles. The second kappa shape index (κ2) is 6.92. The van der Waals surface area contributed by atoms with Gasteiger partial charge in [0, 0.05) is 5.56 Å². The van der Waals surface area contributed by atoms with Crippen LogP contribution in [0.15, 0.2) is 67.0 Å². The van der Waals surface area contributed by atoms with Gasteiger partial charge in [-0.2, -0.15) is 0 Å². The molecule has 1 atom stereocenters. The molecule has 0 fully saturated rings. The van der Waals surface area contributed by atoms with Crippen LogP contribution in [-0.2, 0) is 6.54 Å². The van der Waals surface area contributed by atoms with E-state index in [0.29, 0.717) is 12.4 Å². The van der Waals surface area contributed by atoms with E-state index >= 15 is 0 Å². The summed E-state index contributed by atoms with van der Waals surface area (Å²) in [6.45, 7) is 0.469. The highest BCUT2D eigenvalue weighted by Gasteiger charge is 2.18. The summed E-state index contributed by atoms with van der Waals surface area (Å²) in [5, 5.41) is 28.8. The zero-order valence-corrected chi connectivity index (χ0v) is 14.0. The molecule has 124 valence electrons. The normalized spacial score (nSPS) is 12.2. The number of aliphatic hydroxyl groups is 1. The van der Waals surface area contributed by atoms with Gasteiger partial charge in [0.25, 0.3) is 0 Å². The lowest BCUT2D eigenvalue weighted by atomic mass is 10.1. The molecule has 0 saturated carbocycles. The van der Waals surface area contributed by atoms with Crippen molar-refractivity contribution in [3.05, 3.63) is 83.4 Å². The average molecular weight is 349 g/mol. The van der Waals surface area contributed by atoms with Gasteiger partial charge in [0.15, 0.2) is 5.82 Å². The SMILES string of the molecule is OC(c1ccccc1)c1nncn1Cc1nnc(-c2ccccc2)s1. The Labute approximate surface area is 148 Å². The molecule has 2 aromatic heterocycles. The lowest BCUT2D eigenvalue weighted by molar-refractivity contribution is 0.204. The molecule has 7 heteroatoms. The maximum atomic E-state index is 10.6. The highest BCUT2D eigenvalue weighted by atomic mass is 32.1. The van der Waals surface area contributed by atoms with Crippen molar-refractivity contribution in [2.75, 3.05) is 0 Å². The number of benzene rings is 2. The van der Waals surface area contributed by atoms with Gasteiger partial charge in [0.1, 0.15) is 22.4 Å². The van der Waals surface area contributed by atoms with Crippen molar-refractivity contribution in [1.82, 2.24) is 25.0 Å². The zero-order chi connectivity index (χ0) is 17.1. The summed E-state index contributed by atoms with van der Waals surface area (Å²) >= 11 is 1.52. The van der Waals surface area contributed by atoms with Gasteiger partial charge in [-0.1, -0.05) is 72.0 Å². The topological polar surface area (TPSA) is 76.7 Å². The molecule has 0 aliphatic carbocycles. The lowest BCUT2D eigenvalue weighted by Crippen LogP contribution is -2.10.